The molecule has 0 saturated carbocycles. The van der Waals surface area contributed by atoms with Crippen LogP contribution in [0.5, 0.6) is 5.75 Å². The maximum atomic E-state index is 12.8. The van der Waals surface area contributed by atoms with E-state index < -0.39 is 17.6 Å². The summed E-state index contributed by atoms with van der Waals surface area (Å²) >= 11 is 0. The first kappa shape index (κ1) is 20.8. The van der Waals surface area contributed by atoms with Crippen LogP contribution < -0.4 is 10.1 Å². The highest BCUT2D eigenvalue weighted by Crippen LogP contribution is 2.31. The number of carbonyl (C=O) groups is 1. The van der Waals surface area contributed by atoms with Gasteiger partial charge in [-0.1, -0.05) is 6.07 Å². The number of ether oxygens (including phenoxy) is 2. The van der Waals surface area contributed by atoms with Crippen molar-refractivity contribution >= 4 is 11.6 Å². The molecule has 0 aliphatic carbocycles. The van der Waals surface area contributed by atoms with Gasteiger partial charge in [0.25, 0.3) is 5.91 Å². The van der Waals surface area contributed by atoms with Crippen molar-refractivity contribution in [1.82, 2.24) is 0 Å². The Hall–Kier alpha value is -2.54. The predicted molar refractivity (Wildman–Crippen MR) is 96.9 cm³/mol. The Balaban J connectivity index is 2.21. The largest absolute Gasteiger partial charge is 0.494 e. The third-order valence-corrected chi connectivity index (χ3v) is 3.64. The molecule has 0 aromatic heterocycles. The zero-order valence-corrected chi connectivity index (χ0v) is 15.4. The molecule has 0 bridgehead atoms. The van der Waals surface area contributed by atoms with Crippen LogP contribution >= 0.6 is 0 Å². The molecule has 0 spiro atoms. The minimum absolute atomic E-state index is 0.00191. The van der Waals surface area contributed by atoms with Gasteiger partial charge < -0.3 is 14.8 Å². The van der Waals surface area contributed by atoms with Crippen LogP contribution in [0.3, 0.4) is 0 Å². The molecule has 0 aliphatic heterocycles. The van der Waals surface area contributed by atoms with Crippen LogP contribution in [0.25, 0.3) is 0 Å². The third kappa shape index (κ3) is 5.99. The highest BCUT2D eigenvalue weighted by Gasteiger charge is 2.30. The van der Waals surface area contributed by atoms with E-state index in [1.54, 1.807) is 18.2 Å². The van der Waals surface area contributed by atoms with E-state index in [0.29, 0.717) is 23.5 Å². The second-order valence-electron chi connectivity index (χ2n) is 6.15. The van der Waals surface area contributed by atoms with Crippen molar-refractivity contribution in [3.8, 4) is 5.75 Å². The molecule has 7 heteroatoms. The summed E-state index contributed by atoms with van der Waals surface area (Å²) in [4.78, 5) is 12.5. The Bertz CT molecular complexity index is 788. The summed E-state index contributed by atoms with van der Waals surface area (Å²) in [5.41, 5.74) is 0.252. The van der Waals surface area contributed by atoms with E-state index in [2.05, 4.69) is 5.32 Å². The summed E-state index contributed by atoms with van der Waals surface area (Å²) in [6.45, 7) is 6.36. The van der Waals surface area contributed by atoms with Crippen molar-refractivity contribution in [3.05, 3.63) is 59.2 Å². The fourth-order valence-corrected chi connectivity index (χ4v) is 2.36. The first-order valence-electron chi connectivity index (χ1n) is 8.56. The summed E-state index contributed by atoms with van der Waals surface area (Å²) in [5.74, 6) is 0.0944. The van der Waals surface area contributed by atoms with Gasteiger partial charge in [-0.15, -0.1) is 0 Å². The second-order valence-corrected chi connectivity index (χ2v) is 6.15. The maximum absolute atomic E-state index is 12.8. The maximum Gasteiger partial charge on any atom is 0.416 e. The first-order chi connectivity index (χ1) is 12.7. The van der Waals surface area contributed by atoms with Crippen LogP contribution in [0.4, 0.5) is 18.9 Å². The lowest BCUT2D eigenvalue weighted by Gasteiger charge is -2.14. The molecule has 0 fully saturated rings. The van der Waals surface area contributed by atoms with Crippen LogP contribution in [-0.2, 0) is 17.5 Å². The third-order valence-electron chi connectivity index (χ3n) is 3.64. The molecule has 1 N–H and O–H groups in total. The van der Waals surface area contributed by atoms with Crippen LogP contribution in [0, 0.1) is 0 Å². The van der Waals surface area contributed by atoms with E-state index in [1.165, 1.54) is 12.1 Å². The van der Waals surface area contributed by atoms with E-state index in [4.69, 9.17) is 9.47 Å². The minimum Gasteiger partial charge on any atom is -0.494 e. The molecule has 2 rings (SSSR count). The molecule has 146 valence electrons. The number of anilines is 1. The summed E-state index contributed by atoms with van der Waals surface area (Å²) in [7, 11) is 0. The molecule has 27 heavy (non-hydrogen) atoms. The van der Waals surface area contributed by atoms with Crippen LogP contribution in [-0.4, -0.2) is 18.6 Å². The van der Waals surface area contributed by atoms with Gasteiger partial charge in [-0.3, -0.25) is 4.79 Å². The van der Waals surface area contributed by atoms with Gasteiger partial charge in [0.2, 0.25) is 0 Å². The number of benzene rings is 2. The van der Waals surface area contributed by atoms with Gasteiger partial charge >= 0.3 is 6.18 Å². The zero-order valence-electron chi connectivity index (χ0n) is 15.4. The number of nitrogens with one attached hydrogen (secondary N) is 1. The quantitative estimate of drug-likeness (QED) is 0.710. The normalized spacial score (nSPS) is 11.5. The number of hydrogen-bond acceptors (Lipinski definition) is 3. The van der Waals surface area contributed by atoms with Gasteiger partial charge in [0.15, 0.2) is 0 Å². The van der Waals surface area contributed by atoms with E-state index in [-0.39, 0.29) is 18.4 Å². The van der Waals surface area contributed by atoms with Crippen LogP contribution in [0.1, 0.15) is 42.3 Å². The van der Waals surface area contributed by atoms with E-state index >= 15 is 0 Å². The highest BCUT2D eigenvalue weighted by molar-refractivity contribution is 6.04. The molecule has 0 unspecified atom stereocenters. The average molecular weight is 381 g/mol. The molecule has 0 radical (unpaired) electrons. The topological polar surface area (TPSA) is 47.6 Å². The highest BCUT2D eigenvalue weighted by atomic mass is 19.4. The van der Waals surface area contributed by atoms with E-state index in [0.717, 1.165) is 12.1 Å². The van der Waals surface area contributed by atoms with Gasteiger partial charge in [0.05, 0.1) is 24.9 Å². The zero-order chi connectivity index (χ0) is 20.0. The smallest absolute Gasteiger partial charge is 0.416 e. The van der Waals surface area contributed by atoms with Gasteiger partial charge in [0.1, 0.15) is 5.75 Å². The van der Waals surface area contributed by atoms with E-state index in [1.807, 2.05) is 20.8 Å². The first-order valence-corrected chi connectivity index (χ1v) is 8.56. The van der Waals surface area contributed by atoms with Crippen LogP contribution in [0.2, 0.25) is 0 Å². The average Bonchev–Trinajstić information content (AvgIpc) is 2.60. The predicted octanol–water partition coefficient (Wildman–Crippen LogP) is 5.28. The number of alkyl halides is 3. The molecule has 1 amide bonds. The molecule has 2 aromatic carbocycles. The Morgan fingerprint density at radius 3 is 2.52 bits per heavy atom. The van der Waals surface area contributed by atoms with Gasteiger partial charge in [0, 0.05) is 16.8 Å². The summed E-state index contributed by atoms with van der Waals surface area (Å²) in [6, 6.07) is 9.35. The molecular weight excluding hydrogens is 359 g/mol. The lowest BCUT2D eigenvalue weighted by atomic mass is 10.1. The number of carbonyl (C=O) groups excluding carboxylic acids is 1. The molecule has 0 saturated heterocycles. The number of amides is 1. The van der Waals surface area contributed by atoms with Crippen molar-refractivity contribution in [2.24, 2.45) is 0 Å². The number of hydrogen-bond donors (Lipinski definition) is 1. The summed E-state index contributed by atoms with van der Waals surface area (Å²) in [6.07, 6.45) is -4.47. The van der Waals surface area contributed by atoms with Gasteiger partial charge in [-0.25, -0.2) is 0 Å². The number of halogens is 3. The molecular formula is C20H22F3NO3. The SMILES string of the molecule is CCOc1ccc(C(=O)Nc2cccc(C(F)(F)F)c2)cc1COC(C)C. The van der Waals surface area contributed by atoms with Crippen molar-refractivity contribution in [2.45, 2.75) is 39.7 Å². The van der Waals surface area contributed by atoms with Crippen molar-refractivity contribution < 1.29 is 27.4 Å². The second kappa shape index (κ2) is 8.90. The lowest BCUT2D eigenvalue weighted by Crippen LogP contribution is -2.14. The summed E-state index contributed by atoms with van der Waals surface area (Å²) < 4.78 is 49.5. The lowest BCUT2D eigenvalue weighted by molar-refractivity contribution is -0.137. The Morgan fingerprint density at radius 2 is 1.89 bits per heavy atom. The molecule has 0 heterocycles. The Morgan fingerprint density at radius 1 is 1.15 bits per heavy atom. The summed E-state index contributed by atoms with van der Waals surface area (Å²) in [5, 5.41) is 2.49. The number of rotatable bonds is 7. The standard InChI is InChI=1S/C20H22F3NO3/c1-4-26-18-9-8-14(10-15(18)12-27-13(2)3)19(25)24-17-7-5-6-16(11-17)20(21,22)23/h5-11,13H,4,12H2,1-3H3,(H,24,25). The van der Waals surface area contributed by atoms with Crippen molar-refractivity contribution in [3.63, 3.8) is 0 Å². The van der Waals surface area contributed by atoms with E-state index in [9.17, 15) is 18.0 Å². The minimum atomic E-state index is -4.47. The molecule has 2 aromatic rings. The molecule has 0 aliphatic rings. The molecule has 4 nitrogen and oxygen atoms in total. The fraction of sp³-hybridized carbons (Fsp3) is 0.350. The Kier molecular flexibility index (Phi) is 6.85. The molecule has 0 atom stereocenters. The van der Waals surface area contributed by atoms with Gasteiger partial charge in [-0.2, -0.15) is 13.2 Å². The Labute approximate surface area is 156 Å². The monoisotopic (exact) mass is 381 g/mol. The fourth-order valence-electron chi connectivity index (χ4n) is 2.36. The van der Waals surface area contributed by atoms with Gasteiger partial charge in [-0.05, 0) is 57.2 Å². The van der Waals surface area contributed by atoms with Crippen LogP contribution in [0.15, 0.2) is 42.5 Å². The van der Waals surface area contributed by atoms with Crippen molar-refractivity contribution in [1.29, 1.82) is 0 Å². The van der Waals surface area contributed by atoms with Crippen molar-refractivity contribution in [2.75, 3.05) is 11.9 Å².